The van der Waals surface area contributed by atoms with Gasteiger partial charge in [-0.15, -0.1) is 0 Å². The zero-order valence-corrected chi connectivity index (χ0v) is 26.0. The number of carbonyl (C=O) groups is 7. The lowest BCUT2D eigenvalue weighted by Gasteiger charge is -2.08. The number of rotatable bonds is 7. The number of nitrogens with one attached hydrogen (secondary N) is 1. The highest BCUT2D eigenvalue weighted by Gasteiger charge is 2.10. The third kappa shape index (κ3) is 25.0. The maximum Gasteiger partial charge on any atom is 0.341 e. The van der Waals surface area contributed by atoms with Crippen LogP contribution in [0, 0.1) is 0 Å². The predicted octanol–water partition coefficient (Wildman–Crippen LogP) is 3.19. The zero-order valence-electron chi connectivity index (χ0n) is 26.0. The second-order valence-corrected chi connectivity index (χ2v) is 8.66. The minimum absolute atomic E-state index is 0.0914. The zero-order chi connectivity index (χ0) is 35.5. The Morgan fingerprint density at radius 3 is 1.63 bits per heavy atom. The second kappa shape index (κ2) is 25.9. The molecule has 15 nitrogen and oxygen atoms in total. The Balaban J connectivity index is 0. The molecule has 1 saturated heterocycles. The Hall–Kier alpha value is -5.57. The molecule has 0 atom stereocenters. The fourth-order valence-corrected chi connectivity index (χ4v) is 2.85. The minimum atomic E-state index is -1.15. The van der Waals surface area contributed by atoms with E-state index < -0.39 is 36.5 Å². The number of phenols is 2. The molecule has 46 heavy (non-hydrogen) atoms. The van der Waals surface area contributed by atoms with E-state index in [1.165, 1.54) is 78.2 Å². The molecule has 2 aromatic carbocycles. The number of carboxylic acid groups (broad SMARTS) is 1. The normalized spacial score (nSPS) is 10.7. The summed E-state index contributed by atoms with van der Waals surface area (Å²) in [6, 6.07) is 8.71. The van der Waals surface area contributed by atoms with Gasteiger partial charge >= 0.3 is 29.8 Å². The number of hydrogen-bond donors (Lipinski definition) is 4. The molecule has 252 valence electrons. The number of piperidine rings is 1. The Morgan fingerprint density at radius 2 is 1.30 bits per heavy atom. The second-order valence-electron chi connectivity index (χ2n) is 8.66. The smallest absolute Gasteiger partial charge is 0.341 e. The van der Waals surface area contributed by atoms with Gasteiger partial charge in [0, 0.05) is 33.3 Å². The van der Waals surface area contributed by atoms with Gasteiger partial charge in [0.25, 0.3) is 6.47 Å². The molecular formula is C31H39NO14. The highest BCUT2D eigenvalue weighted by atomic mass is 16.6. The van der Waals surface area contributed by atoms with Crippen LogP contribution in [0.1, 0.15) is 62.9 Å². The van der Waals surface area contributed by atoms with E-state index >= 15 is 0 Å². The van der Waals surface area contributed by atoms with Gasteiger partial charge in [-0.3, -0.25) is 28.8 Å². The molecule has 0 aliphatic carbocycles. The molecule has 3 rings (SSSR count). The molecular weight excluding hydrogens is 610 g/mol. The van der Waals surface area contributed by atoms with Crippen LogP contribution < -0.4 is 14.8 Å². The van der Waals surface area contributed by atoms with Crippen LogP contribution in [0.4, 0.5) is 0 Å². The molecule has 15 heteroatoms. The molecule has 0 spiro atoms. The first-order valence-corrected chi connectivity index (χ1v) is 13.4. The van der Waals surface area contributed by atoms with Crippen LogP contribution in [0.5, 0.6) is 23.0 Å². The Labute approximate surface area is 265 Å². The number of benzene rings is 2. The van der Waals surface area contributed by atoms with Crippen molar-refractivity contribution in [3.63, 3.8) is 0 Å². The summed E-state index contributed by atoms with van der Waals surface area (Å²) >= 11 is 0. The molecule has 1 aliphatic rings. The topological polar surface area (TPSA) is 229 Å². The van der Waals surface area contributed by atoms with Gasteiger partial charge < -0.3 is 39.6 Å². The van der Waals surface area contributed by atoms with Crippen LogP contribution in [-0.4, -0.2) is 77.6 Å². The lowest BCUT2D eigenvalue weighted by molar-refractivity contribution is -0.156. The van der Waals surface area contributed by atoms with Crippen molar-refractivity contribution in [3.8, 4) is 23.0 Å². The third-order valence-electron chi connectivity index (χ3n) is 4.62. The quantitative estimate of drug-likeness (QED) is 0.111. The number of esters is 4. The molecule has 0 saturated carbocycles. The molecule has 2 aromatic rings. The van der Waals surface area contributed by atoms with Crippen LogP contribution in [0.15, 0.2) is 43.0 Å². The Morgan fingerprint density at radius 1 is 0.761 bits per heavy atom. The van der Waals surface area contributed by atoms with Gasteiger partial charge in [0.1, 0.15) is 6.29 Å². The van der Waals surface area contributed by atoms with Gasteiger partial charge in [0.2, 0.25) is 0 Å². The van der Waals surface area contributed by atoms with Crippen molar-refractivity contribution in [2.24, 2.45) is 0 Å². The minimum Gasteiger partial charge on any atom is -0.504 e. The van der Waals surface area contributed by atoms with Gasteiger partial charge in [0.05, 0.1) is 0 Å². The summed E-state index contributed by atoms with van der Waals surface area (Å²) in [6.45, 7) is 10.5. The maximum atomic E-state index is 10.9. The van der Waals surface area contributed by atoms with Crippen molar-refractivity contribution in [3.05, 3.63) is 54.1 Å². The van der Waals surface area contributed by atoms with Crippen molar-refractivity contribution in [1.29, 1.82) is 0 Å². The number of carbonyl (C=O) groups excluding carboxylic acids is 6. The van der Waals surface area contributed by atoms with Gasteiger partial charge in [0.15, 0.2) is 29.6 Å². The van der Waals surface area contributed by atoms with Crippen LogP contribution in [0.2, 0.25) is 0 Å². The van der Waals surface area contributed by atoms with Gasteiger partial charge in [-0.1, -0.05) is 25.1 Å². The van der Waals surface area contributed by atoms with Gasteiger partial charge in [-0.2, -0.15) is 0 Å². The molecule has 4 N–H and O–H groups in total. The first-order chi connectivity index (χ1) is 21.7. The lowest BCUT2D eigenvalue weighted by atomic mass is 10.2. The Bertz CT molecular complexity index is 1280. The van der Waals surface area contributed by atoms with Crippen molar-refractivity contribution >= 4 is 48.7 Å². The highest BCUT2D eigenvalue weighted by Crippen LogP contribution is 2.29. The summed E-state index contributed by atoms with van der Waals surface area (Å²) in [5.74, 6) is -3.29. The lowest BCUT2D eigenvalue weighted by Crippen LogP contribution is -2.21. The number of aromatic hydroxyl groups is 2. The van der Waals surface area contributed by atoms with Gasteiger partial charge in [-0.25, -0.2) is 4.79 Å². The fourth-order valence-electron chi connectivity index (χ4n) is 2.85. The summed E-state index contributed by atoms with van der Waals surface area (Å²) in [7, 11) is 0. The molecule has 0 bridgehead atoms. The summed E-state index contributed by atoms with van der Waals surface area (Å²) in [4.78, 5) is 70.1. The largest absolute Gasteiger partial charge is 0.504 e. The highest BCUT2D eigenvalue weighted by molar-refractivity contribution is 5.82. The van der Waals surface area contributed by atoms with E-state index in [1.807, 2.05) is 0 Å². The summed E-state index contributed by atoms with van der Waals surface area (Å²) in [6.07, 6.45) is 6.41. The fraction of sp³-hybridized carbons (Fsp3) is 0.323. The van der Waals surface area contributed by atoms with Crippen LogP contribution in [0.25, 0.3) is 6.08 Å². The number of phenolic OH excluding ortho intramolecular Hbond substituents is 2. The summed E-state index contributed by atoms with van der Waals surface area (Å²) in [5.41, 5.74) is 1.11. The number of ether oxygens (including phenoxy) is 4. The van der Waals surface area contributed by atoms with E-state index in [9.17, 15) is 33.6 Å². The van der Waals surface area contributed by atoms with Crippen molar-refractivity contribution in [1.82, 2.24) is 5.32 Å². The molecule has 0 aromatic heterocycles. The predicted molar refractivity (Wildman–Crippen MR) is 163 cm³/mol. The number of aldehydes is 1. The summed E-state index contributed by atoms with van der Waals surface area (Å²) < 4.78 is 17.6. The van der Waals surface area contributed by atoms with E-state index in [1.54, 1.807) is 24.3 Å². The van der Waals surface area contributed by atoms with Gasteiger partial charge in [-0.05, 0) is 61.8 Å². The van der Waals surface area contributed by atoms with E-state index in [0.717, 1.165) is 5.56 Å². The molecule has 1 fully saturated rings. The third-order valence-corrected chi connectivity index (χ3v) is 4.62. The van der Waals surface area contributed by atoms with Crippen LogP contribution in [-0.2, 0) is 38.2 Å². The number of carboxylic acids is 1. The van der Waals surface area contributed by atoms with Crippen molar-refractivity contribution < 1.29 is 67.8 Å². The van der Waals surface area contributed by atoms with E-state index in [2.05, 4.69) is 21.4 Å². The first-order valence-electron chi connectivity index (χ1n) is 13.4. The standard InChI is InChI=1S/C12H12O4.C7H6O3.C5H11N.C4H6O3.C3H4O4/c1-4-10-5-6-11(15-8(2)13)12(7-10)16-9(3)14;8-4-5-1-2-6(9)7(10)3-5;1-2-4-6-5-3-1;1-3(5)7-4(2)6;4-2-7-1-3(5)6/h4-7H,1H2,2-3H3;1-4,9-10H;6H,1-5H2;1-2H3;2H,1H2,(H,5,6). The molecule has 0 unspecified atom stereocenters. The number of hydrogen-bond acceptors (Lipinski definition) is 14. The van der Waals surface area contributed by atoms with Crippen LogP contribution >= 0.6 is 0 Å². The van der Waals surface area contributed by atoms with E-state index in [-0.39, 0.29) is 29.5 Å². The SMILES string of the molecule is C1CCNCC1.C=Cc1ccc(OC(C)=O)c(OC(C)=O)c1.CC(=O)OC(C)=O.O=COCC(=O)O.O=Cc1ccc(O)c(O)c1. The molecule has 0 amide bonds. The molecule has 1 heterocycles. The van der Waals surface area contributed by atoms with Crippen molar-refractivity contribution in [2.75, 3.05) is 19.7 Å². The Kier molecular flexibility index (Phi) is 24.0. The first kappa shape index (κ1) is 42.6. The maximum absolute atomic E-state index is 10.9. The van der Waals surface area contributed by atoms with E-state index in [0.29, 0.717) is 11.8 Å². The average Bonchev–Trinajstić information content (AvgIpc) is 2.99. The average molecular weight is 650 g/mol. The summed E-state index contributed by atoms with van der Waals surface area (Å²) in [5, 5.41) is 28.6. The molecule has 1 aliphatic heterocycles. The number of aliphatic carboxylic acids is 1. The molecule has 0 radical (unpaired) electrons. The van der Waals surface area contributed by atoms with Crippen molar-refractivity contribution in [2.45, 2.75) is 47.0 Å². The monoisotopic (exact) mass is 649 g/mol. The van der Waals surface area contributed by atoms with E-state index in [4.69, 9.17) is 24.8 Å². The van der Waals surface area contributed by atoms with Crippen LogP contribution in [0.3, 0.4) is 0 Å².